The highest BCUT2D eigenvalue weighted by atomic mass is 32.2. The molecule has 1 unspecified atom stereocenters. The van der Waals surface area contributed by atoms with Crippen molar-refractivity contribution in [2.75, 3.05) is 17.6 Å². The zero-order valence-corrected chi connectivity index (χ0v) is 12.1. The van der Waals surface area contributed by atoms with E-state index in [9.17, 15) is 13.2 Å². The van der Waals surface area contributed by atoms with Crippen molar-refractivity contribution < 1.29 is 13.2 Å². The number of carbonyl (C=O) groups is 1. The third-order valence-corrected chi connectivity index (χ3v) is 3.42. The normalized spacial score (nSPS) is 12.8. The van der Waals surface area contributed by atoms with E-state index in [-0.39, 0.29) is 24.8 Å². The van der Waals surface area contributed by atoms with E-state index in [2.05, 4.69) is 10.6 Å². The number of sulfonamides is 1. The lowest BCUT2D eigenvalue weighted by Crippen LogP contribution is -2.31. The Labute approximate surface area is 118 Å². The van der Waals surface area contributed by atoms with Crippen molar-refractivity contribution in [2.24, 2.45) is 10.9 Å². The molecule has 1 rings (SSSR count). The molecular formula is C12H20N4O3S. The van der Waals surface area contributed by atoms with Crippen LogP contribution in [0.5, 0.6) is 0 Å². The summed E-state index contributed by atoms with van der Waals surface area (Å²) in [6.07, 6.45) is 0.270. The molecule has 0 aliphatic heterocycles. The molecule has 0 heterocycles. The van der Waals surface area contributed by atoms with Gasteiger partial charge in [-0.15, -0.1) is 0 Å². The van der Waals surface area contributed by atoms with Gasteiger partial charge in [-0.05, 0) is 31.0 Å². The van der Waals surface area contributed by atoms with Crippen LogP contribution in [-0.2, 0) is 10.0 Å². The van der Waals surface area contributed by atoms with Crippen LogP contribution in [0.15, 0.2) is 24.3 Å². The molecule has 6 N–H and O–H groups in total. The molecule has 0 saturated heterocycles. The molecule has 8 heteroatoms. The smallest absolute Gasteiger partial charge is 0.319 e. The SMILES string of the molecule is CC(N)c1cccc(NC(=O)NCCCS(N)(=O)=O)c1. The van der Waals surface area contributed by atoms with Gasteiger partial charge >= 0.3 is 6.03 Å². The van der Waals surface area contributed by atoms with Crippen LogP contribution in [0.3, 0.4) is 0 Å². The van der Waals surface area contributed by atoms with Gasteiger partial charge in [0.15, 0.2) is 0 Å². The molecule has 0 saturated carbocycles. The number of benzene rings is 1. The van der Waals surface area contributed by atoms with Gasteiger partial charge in [0.05, 0.1) is 5.75 Å². The first-order chi connectivity index (χ1) is 9.28. The molecule has 0 bridgehead atoms. The summed E-state index contributed by atoms with van der Waals surface area (Å²) >= 11 is 0. The molecule has 20 heavy (non-hydrogen) atoms. The molecule has 7 nitrogen and oxygen atoms in total. The molecule has 0 radical (unpaired) electrons. The predicted octanol–water partition coefficient (Wildman–Crippen LogP) is 0.506. The van der Waals surface area contributed by atoms with Gasteiger partial charge in [0.1, 0.15) is 0 Å². The minimum Gasteiger partial charge on any atom is -0.338 e. The molecule has 0 fully saturated rings. The van der Waals surface area contributed by atoms with Crippen molar-refractivity contribution in [3.63, 3.8) is 0 Å². The number of nitrogens with two attached hydrogens (primary N) is 2. The number of amides is 2. The van der Waals surface area contributed by atoms with Gasteiger partial charge in [-0.1, -0.05) is 12.1 Å². The predicted molar refractivity (Wildman–Crippen MR) is 78.7 cm³/mol. The van der Waals surface area contributed by atoms with E-state index in [1.54, 1.807) is 18.2 Å². The maximum absolute atomic E-state index is 11.6. The third-order valence-electron chi connectivity index (χ3n) is 2.56. The second-order valence-electron chi connectivity index (χ2n) is 4.52. The van der Waals surface area contributed by atoms with Crippen molar-refractivity contribution in [2.45, 2.75) is 19.4 Å². The monoisotopic (exact) mass is 300 g/mol. The molecule has 0 aromatic heterocycles. The van der Waals surface area contributed by atoms with Gasteiger partial charge in [0.2, 0.25) is 10.0 Å². The fraction of sp³-hybridized carbons (Fsp3) is 0.417. The highest BCUT2D eigenvalue weighted by Gasteiger charge is 2.05. The van der Waals surface area contributed by atoms with Crippen LogP contribution in [0, 0.1) is 0 Å². The number of nitrogens with one attached hydrogen (secondary N) is 2. The first-order valence-electron chi connectivity index (χ1n) is 6.19. The molecule has 1 atom stereocenters. The number of carbonyl (C=O) groups excluding carboxylic acids is 1. The maximum Gasteiger partial charge on any atom is 0.319 e. The quantitative estimate of drug-likeness (QED) is 0.570. The summed E-state index contributed by atoms with van der Waals surface area (Å²) in [6, 6.07) is 6.69. The minimum absolute atomic E-state index is 0.116. The first-order valence-corrected chi connectivity index (χ1v) is 7.90. The summed E-state index contributed by atoms with van der Waals surface area (Å²) < 4.78 is 21.4. The van der Waals surface area contributed by atoms with Crippen molar-refractivity contribution in [3.05, 3.63) is 29.8 Å². The molecule has 0 aliphatic carbocycles. The Morgan fingerprint density at radius 3 is 2.70 bits per heavy atom. The molecule has 1 aromatic carbocycles. The summed E-state index contributed by atoms with van der Waals surface area (Å²) in [6.45, 7) is 2.09. The average Bonchev–Trinajstić information content (AvgIpc) is 2.34. The van der Waals surface area contributed by atoms with Crippen LogP contribution in [-0.4, -0.2) is 26.7 Å². The van der Waals surface area contributed by atoms with E-state index in [1.165, 1.54) is 0 Å². The van der Waals surface area contributed by atoms with Gasteiger partial charge in [-0.25, -0.2) is 18.4 Å². The largest absolute Gasteiger partial charge is 0.338 e. The van der Waals surface area contributed by atoms with Crippen LogP contribution >= 0.6 is 0 Å². The number of hydrogen-bond donors (Lipinski definition) is 4. The Morgan fingerprint density at radius 1 is 1.40 bits per heavy atom. The van der Waals surface area contributed by atoms with E-state index < -0.39 is 16.1 Å². The number of anilines is 1. The Hall–Kier alpha value is -1.64. The van der Waals surface area contributed by atoms with Gasteiger partial charge in [-0.2, -0.15) is 0 Å². The van der Waals surface area contributed by atoms with E-state index in [4.69, 9.17) is 10.9 Å². The van der Waals surface area contributed by atoms with E-state index >= 15 is 0 Å². The standard InChI is InChI=1S/C12H20N4O3S/c1-9(13)10-4-2-5-11(8-10)16-12(17)15-6-3-7-20(14,18)19/h2,4-5,8-9H,3,6-7,13H2,1H3,(H2,14,18,19)(H2,15,16,17). The fourth-order valence-electron chi connectivity index (χ4n) is 1.55. The first kappa shape index (κ1) is 16.4. The van der Waals surface area contributed by atoms with Crippen LogP contribution < -0.4 is 21.5 Å². The summed E-state index contributed by atoms with van der Waals surface area (Å²) in [4.78, 5) is 11.6. The Kier molecular flexibility index (Phi) is 5.93. The number of urea groups is 1. The second-order valence-corrected chi connectivity index (χ2v) is 6.25. The average molecular weight is 300 g/mol. The van der Waals surface area contributed by atoms with Gasteiger partial charge < -0.3 is 16.4 Å². The summed E-state index contributed by atoms with van der Waals surface area (Å²) in [5.74, 6) is -0.159. The van der Waals surface area contributed by atoms with Gasteiger partial charge in [-0.3, -0.25) is 0 Å². The zero-order valence-electron chi connectivity index (χ0n) is 11.3. The van der Waals surface area contributed by atoms with Gasteiger partial charge in [0, 0.05) is 18.3 Å². The highest BCUT2D eigenvalue weighted by molar-refractivity contribution is 7.89. The second kappa shape index (κ2) is 7.22. The van der Waals surface area contributed by atoms with Gasteiger partial charge in [0.25, 0.3) is 0 Å². The lowest BCUT2D eigenvalue weighted by Gasteiger charge is -2.10. The summed E-state index contributed by atoms with van der Waals surface area (Å²) in [5, 5.41) is 10.1. The summed E-state index contributed by atoms with van der Waals surface area (Å²) in [7, 11) is -3.48. The van der Waals surface area contributed by atoms with Crippen LogP contribution in [0.25, 0.3) is 0 Å². The fourth-order valence-corrected chi connectivity index (χ4v) is 2.10. The van der Waals surface area contributed by atoms with Crippen LogP contribution in [0.2, 0.25) is 0 Å². The van der Waals surface area contributed by atoms with Crippen LogP contribution in [0.1, 0.15) is 24.9 Å². The number of hydrogen-bond acceptors (Lipinski definition) is 4. The van der Waals surface area contributed by atoms with Crippen molar-refractivity contribution in [3.8, 4) is 0 Å². The Morgan fingerprint density at radius 2 is 2.10 bits per heavy atom. The van der Waals surface area contributed by atoms with Crippen molar-refractivity contribution >= 4 is 21.7 Å². The van der Waals surface area contributed by atoms with Crippen molar-refractivity contribution in [1.82, 2.24) is 5.32 Å². The van der Waals surface area contributed by atoms with E-state index in [0.29, 0.717) is 5.69 Å². The maximum atomic E-state index is 11.6. The molecule has 112 valence electrons. The van der Waals surface area contributed by atoms with Crippen molar-refractivity contribution in [1.29, 1.82) is 0 Å². The molecule has 2 amide bonds. The molecule has 1 aromatic rings. The number of primary sulfonamides is 1. The molecule has 0 spiro atoms. The zero-order chi connectivity index (χ0) is 15.2. The molecule has 0 aliphatic rings. The lowest BCUT2D eigenvalue weighted by molar-refractivity contribution is 0.252. The highest BCUT2D eigenvalue weighted by Crippen LogP contribution is 2.15. The molecular weight excluding hydrogens is 280 g/mol. The summed E-state index contributed by atoms with van der Waals surface area (Å²) in [5.41, 5.74) is 7.30. The Bertz CT molecular complexity index is 558. The minimum atomic E-state index is -3.48. The third kappa shape index (κ3) is 6.50. The number of rotatable bonds is 6. The van der Waals surface area contributed by atoms with E-state index in [1.807, 2.05) is 13.0 Å². The van der Waals surface area contributed by atoms with E-state index in [0.717, 1.165) is 5.56 Å². The Balaban J connectivity index is 2.41. The lowest BCUT2D eigenvalue weighted by atomic mass is 10.1. The van der Waals surface area contributed by atoms with Crippen LogP contribution in [0.4, 0.5) is 10.5 Å². The topological polar surface area (TPSA) is 127 Å².